The van der Waals surface area contributed by atoms with E-state index < -0.39 is 6.04 Å². The van der Waals surface area contributed by atoms with Gasteiger partial charge in [-0.05, 0) is 29.3 Å². The van der Waals surface area contributed by atoms with Gasteiger partial charge in [-0.3, -0.25) is 0 Å². The summed E-state index contributed by atoms with van der Waals surface area (Å²) < 4.78 is 39.3. The van der Waals surface area contributed by atoms with Crippen LogP contribution in [0.5, 0.6) is 0 Å². The van der Waals surface area contributed by atoms with E-state index in [0.717, 1.165) is 0 Å². The summed E-state index contributed by atoms with van der Waals surface area (Å²) in [5.74, 6) is 0. The molecule has 2 aromatic carbocycles. The zero-order chi connectivity index (χ0) is 14.3. The molecule has 0 aliphatic heterocycles. The van der Waals surface area contributed by atoms with E-state index in [1.807, 2.05) is 0 Å². The average Bonchev–Trinajstić information content (AvgIpc) is 2.33. The van der Waals surface area contributed by atoms with E-state index in [4.69, 9.17) is 18.5 Å². The van der Waals surface area contributed by atoms with Gasteiger partial charge in [-0.1, -0.05) is 57.7 Å². The van der Waals surface area contributed by atoms with Crippen LogP contribution in [0.3, 0.4) is 0 Å². The minimum atomic E-state index is -0.403. The molecule has 0 bridgehead atoms. The minimum absolute atomic E-state index is 0.147. The van der Waals surface area contributed by atoms with Gasteiger partial charge < -0.3 is 0 Å². The van der Waals surface area contributed by atoms with Gasteiger partial charge in [0.2, 0.25) is 0 Å². The molecule has 0 heterocycles. The van der Waals surface area contributed by atoms with Crippen LogP contribution in [0.2, 0.25) is 5.02 Å². The second-order valence-electron chi connectivity index (χ2n) is 2.66. The molecule has 2 heteroatoms. The van der Waals surface area contributed by atoms with E-state index in [0.29, 0.717) is 15.1 Å². The standard InChI is InChI=1S/C12H8BrCl/c13-11-6-10(7-12(14)8-11)9-4-2-1-3-5-9/h1-8H/i1D,2D,3D,4D,5D. The number of hydrogen-bond acceptors (Lipinski definition) is 0. The van der Waals surface area contributed by atoms with Crippen molar-refractivity contribution in [3.05, 3.63) is 57.9 Å². The van der Waals surface area contributed by atoms with Gasteiger partial charge in [0.05, 0.1) is 6.85 Å². The molecule has 70 valence electrons. The van der Waals surface area contributed by atoms with Crippen molar-refractivity contribution in [3.8, 4) is 11.1 Å². The van der Waals surface area contributed by atoms with Crippen LogP contribution in [0.4, 0.5) is 0 Å². The van der Waals surface area contributed by atoms with Crippen molar-refractivity contribution in [2.75, 3.05) is 0 Å². The van der Waals surface area contributed by atoms with Crippen molar-refractivity contribution in [2.45, 2.75) is 0 Å². The fraction of sp³-hybridized carbons (Fsp3) is 0. The Balaban J connectivity index is 2.82. The third-order valence-corrected chi connectivity index (χ3v) is 2.33. The van der Waals surface area contributed by atoms with E-state index in [-0.39, 0.29) is 29.7 Å². The van der Waals surface area contributed by atoms with Gasteiger partial charge in [0.1, 0.15) is 0 Å². The Morgan fingerprint density at radius 2 is 1.71 bits per heavy atom. The first-order valence-electron chi connectivity index (χ1n) is 6.36. The van der Waals surface area contributed by atoms with E-state index >= 15 is 0 Å². The Kier molecular flexibility index (Phi) is 1.58. The van der Waals surface area contributed by atoms with Crippen LogP contribution in [0.25, 0.3) is 11.1 Å². The fourth-order valence-corrected chi connectivity index (χ4v) is 1.95. The number of hydrogen-bond donors (Lipinski definition) is 0. The summed E-state index contributed by atoms with van der Waals surface area (Å²) >= 11 is 9.21. The Morgan fingerprint density at radius 3 is 2.36 bits per heavy atom. The van der Waals surface area contributed by atoms with Gasteiger partial charge in [0.25, 0.3) is 0 Å². The second-order valence-corrected chi connectivity index (χ2v) is 4.01. The molecule has 0 unspecified atom stereocenters. The zero-order valence-electron chi connectivity index (χ0n) is 12.0. The summed E-state index contributed by atoms with van der Waals surface area (Å²) in [6.07, 6.45) is 0. The normalized spacial score (nSPS) is 15.1. The van der Waals surface area contributed by atoms with Crippen LogP contribution >= 0.6 is 27.5 Å². The van der Waals surface area contributed by atoms with Crippen molar-refractivity contribution in [1.82, 2.24) is 0 Å². The van der Waals surface area contributed by atoms with Crippen LogP contribution in [-0.2, 0) is 0 Å². The molecule has 2 aromatic rings. The van der Waals surface area contributed by atoms with Crippen molar-refractivity contribution < 1.29 is 6.85 Å². The third-order valence-electron chi connectivity index (χ3n) is 1.65. The monoisotopic (exact) mass is 271 g/mol. The Bertz CT molecular complexity index is 622. The first kappa shape index (κ1) is 5.34. The maximum atomic E-state index is 7.88. The topological polar surface area (TPSA) is 0 Å². The summed E-state index contributed by atoms with van der Waals surface area (Å²) in [6.45, 7) is 0. The first-order chi connectivity index (χ1) is 8.82. The molecule has 0 saturated carbocycles. The van der Waals surface area contributed by atoms with Gasteiger partial charge in [-0.25, -0.2) is 0 Å². The molecule has 0 nitrogen and oxygen atoms in total. The second kappa shape index (κ2) is 4.16. The van der Waals surface area contributed by atoms with Crippen LogP contribution in [0.1, 0.15) is 6.85 Å². The van der Waals surface area contributed by atoms with Crippen LogP contribution in [0, 0.1) is 0 Å². The average molecular weight is 273 g/mol. The highest BCUT2D eigenvalue weighted by molar-refractivity contribution is 9.10. The molecule has 0 radical (unpaired) electrons. The lowest BCUT2D eigenvalue weighted by Gasteiger charge is -2.02. The highest BCUT2D eigenvalue weighted by atomic mass is 79.9. The smallest absolute Gasteiger partial charge is 0.0629 e. The summed E-state index contributed by atoms with van der Waals surface area (Å²) in [7, 11) is 0. The number of halogens is 2. The predicted octanol–water partition coefficient (Wildman–Crippen LogP) is 4.77. The molecule has 0 spiro atoms. The van der Waals surface area contributed by atoms with E-state index in [9.17, 15) is 0 Å². The molecule has 0 atom stereocenters. The molecule has 2 rings (SSSR count). The summed E-state index contributed by atoms with van der Waals surface area (Å²) in [5.41, 5.74) is 0.630. The lowest BCUT2D eigenvalue weighted by Crippen LogP contribution is -1.77. The van der Waals surface area contributed by atoms with Gasteiger partial charge >= 0.3 is 0 Å². The van der Waals surface area contributed by atoms with E-state index in [2.05, 4.69) is 15.9 Å². The van der Waals surface area contributed by atoms with Crippen molar-refractivity contribution in [3.63, 3.8) is 0 Å². The molecular weight excluding hydrogens is 259 g/mol. The van der Waals surface area contributed by atoms with E-state index in [1.54, 1.807) is 18.2 Å². The molecule has 0 aliphatic carbocycles. The molecule has 0 amide bonds. The SMILES string of the molecule is [2H]c1c([2H])c([2H])c(-c2cc(Cl)cc(Br)c2)c([2H])c1[2H]. The maximum Gasteiger partial charge on any atom is 0.0629 e. The molecular formula is C12H8BrCl. The van der Waals surface area contributed by atoms with Gasteiger partial charge in [0.15, 0.2) is 0 Å². The highest BCUT2D eigenvalue weighted by Crippen LogP contribution is 2.26. The van der Waals surface area contributed by atoms with Crippen molar-refractivity contribution in [1.29, 1.82) is 0 Å². The maximum absolute atomic E-state index is 7.88. The molecule has 0 aromatic heterocycles. The molecule has 0 N–H and O–H groups in total. The van der Waals surface area contributed by atoms with Crippen LogP contribution in [0.15, 0.2) is 52.9 Å². The lowest BCUT2D eigenvalue weighted by molar-refractivity contribution is 1.59. The summed E-state index contributed by atoms with van der Waals surface area (Å²) in [4.78, 5) is 0. The minimum Gasteiger partial charge on any atom is -0.0843 e. The first-order valence-corrected chi connectivity index (χ1v) is 5.03. The summed E-state index contributed by atoms with van der Waals surface area (Å²) in [5, 5.41) is 0.427. The number of rotatable bonds is 1. The van der Waals surface area contributed by atoms with Crippen molar-refractivity contribution in [2.24, 2.45) is 0 Å². The summed E-state index contributed by atoms with van der Waals surface area (Å²) in [6, 6.07) is 3.32. The predicted molar refractivity (Wildman–Crippen MR) is 64.6 cm³/mol. The zero-order valence-corrected chi connectivity index (χ0v) is 9.33. The van der Waals surface area contributed by atoms with Crippen molar-refractivity contribution >= 4 is 27.5 Å². The van der Waals surface area contributed by atoms with Gasteiger partial charge in [0, 0.05) is 9.50 Å². The Morgan fingerprint density at radius 1 is 1.00 bits per heavy atom. The molecule has 0 aliphatic rings. The van der Waals surface area contributed by atoms with Crippen LogP contribution in [-0.4, -0.2) is 0 Å². The number of benzene rings is 2. The van der Waals surface area contributed by atoms with Crippen LogP contribution < -0.4 is 0 Å². The third kappa shape index (κ3) is 2.17. The Hall–Kier alpha value is -0.790. The fourth-order valence-electron chi connectivity index (χ4n) is 1.09. The lowest BCUT2D eigenvalue weighted by atomic mass is 10.1. The molecule has 0 saturated heterocycles. The largest absolute Gasteiger partial charge is 0.0843 e. The van der Waals surface area contributed by atoms with Gasteiger partial charge in [-0.2, -0.15) is 0 Å². The molecule has 0 fully saturated rings. The Labute approximate surface area is 104 Å². The van der Waals surface area contributed by atoms with Gasteiger partial charge in [-0.15, -0.1) is 0 Å². The quantitative estimate of drug-likeness (QED) is 0.701. The molecule has 14 heavy (non-hydrogen) atoms. The van der Waals surface area contributed by atoms with E-state index in [1.165, 1.54) is 0 Å². The highest BCUT2D eigenvalue weighted by Gasteiger charge is 1.99.